The summed E-state index contributed by atoms with van der Waals surface area (Å²) in [6.45, 7) is -1.14. The molecule has 2 amide bonds. The molecule has 3 rings (SSSR count). The summed E-state index contributed by atoms with van der Waals surface area (Å²) in [7, 11) is 0. The van der Waals surface area contributed by atoms with E-state index in [2.05, 4.69) is 9.57 Å². The van der Waals surface area contributed by atoms with Crippen molar-refractivity contribution in [2.45, 2.75) is 6.18 Å². The van der Waals surface area contributed by atoms with Gasteiger partial charge in [0.2, 0.25) is 0 Å². The van der Waals surface area contributed by atoms with Gasteiger partial charge < -0.3 is 9.57 Å². The number of alkyl halides is 3. The minimum atomic E-state index is -4.64. The zero-order valence-corrected chi connectivity index (χ0v) is 11.5. The Morgan fingerprint density at radius 1 is 1.13 bits per heavy atom. The summed E-state index contributed by atoms with van der Waals surface area (Å²) in [6.07, 6.45) is -4.64. The summed E-state index contributed by atoms with van der Waals surface area (Å²) in [4.78, 5) is 40.6. The van der Waals surface area contributed by atoms with Crippen molar-refractivity contribution in [2.75, 3.05) is 13.2 Å². The molecule has 1 aromatic carbocycles. The van der Waals surface area contributed by atoms with Crippen LogP contribution < -0.4 is 0 Å². The number of carbonyl (C=O) groups excluding carboxylic acids is 3. The first kappa shape index (κ1) is 15.5. The van der Waals surface area contributed by atoms with E-state index in [1.54, 1.807) is 0 Å². The number of hydrogen-bond donors (Lipinski definition) is 0. The van der Waals surface area contributed by atoms with Crippen LogP contribution in [0.25, 0.3) is 0 Å². The van der Waals surface area contributed by atoms with Crippen molar-refractivity contribution in [2.24, 2.45) is 11.8 Å². The van der Waals surface area contributed by atoms with E-state index in [1.807, 2.05) is 0 Å². The van der Waals surface area contributed by atoms with E-state index >= 15 is 0 Å². The van der Waals surface area contributed by atoms with Crippen LogP contribution >= 0.6 is 0 Å². The number of imide groups is 1. The van der Waals surface area contributed by atoms with E-state index in [-0.39, 0.29) is 16.2 Å². The van der Waals surface area contributed by atoms with Gasteiger partial charge in [0, 0.05) is 0 Å². The molecule has 0 radical (unpaired) electrons. The summed E-state index contributed by atoms with van der Waals surface area (Å²) >= 11 is 0. The molecule has 0 bridgehead atoms. The van der Waals surface area contributed by atoms with Crippen LogP contribution in [0.2, 0.25) is 0 Å². The summed E-state index contributed by atoms with van der Waals surface area (Å²) in [5.41, 5.74) is 0.0562. The molecule has 0 unspecified atom stereocenters. The number of nitrogens with zero attached hydrogens (tertiary/aromatic N) is 1. The molecule has 2 aliphatic heterocycles. The van der Waals surface area contributed by atoms with E-state index in [0.29, 0.717) is 0 Å². The fourth-order valence-electron chi connectivity index (χ4n) is 2.52. The molecule has 0 aromatic heterocycles. The fourth-order valence-corrected chi connectivity index (χ4v) is 2.52. The zero-order valence-electron chi connectivity index (χ0n) is 11.5. The van der Waals surface area contributed by atoms with E-state index in [0.717, 1.165) is 0 Å². The van der Waals surface area contributed by atoms with E-state index in [1.165, 1.54) is 24.3 Å². The minimum Gasteiger partial charge on any atom is -0.380 e. The number of ether oxygens (including phenoxy) is 1. The maximum absolute atomic E-state index is 12.8. The average Bonchev–Trinajstić information content (AvgIpc) is 3.08. The average molecular weight is 329 g/mol. The second-order valence-corrected chi connectivity index (χ2v) is 5.15. The van der Waals surface area contributed by atoms with E-state index < -0.39 is 49.0 Å². The van der Waals surface area contributed by atoms with Gasteiger partial charge in [-0.2, -0.15) is 13.2 Å². The molecule has 0 spiro atoms. The molecular formula is C14H10F3NO5. The standard InChI is InChI=1S/C14H10F3NO5/c15-14(16,17)10-6-22-5-9(10)13(21)23-18-11(19)7-3-1-2-4-8(7)12(18)20/h1-4,9-10H,5-6H2/t9-,10-/m1/s1. The highest BCUT2D eigenvalue weighted by molar-refractivity contribution is 6.20. The van der Waals surface area contributed by atoms with Gasteiger partial charge in [-0.1, -0.05) is 17.2 Å². The highest BCUT2D eigenvalue weighted by atomic mass is 19.4. The first-order valence-electron chi connectivity index (χ1n) is 6.65. The number of rotatable bonds is 2. The SMILES string of the molecule is O=C(ON1C(=O)c2ccccc2C1=O)[C@@H]1COC[C@H]1C(F)(F)F. The third kappa shape index (κ3) is 2.56. The maximum atomic E-state index is 12.8. The van der Waals surface area contributed by atoms with Crippen LogP contribution in [0.4, 0.5) is 13.2 Å². The van der Waals surface area contributed by atoms with Crippen molar-refractivity contribution in [3.05, 3.63) is 35.4 Å². The predicted octanol–water partition coefficient (Wildman–Crippen LogP) is 1.57. The summed E-state index contributed by atoms with van der Waals surface area (Å²) < 4.78 is 43.1. The van der Waals surface area contributed by atoms with Crippen molar-refractivity contribution >= 4 is 17.8 Å². The number of halogens is 3. The summed E-state index contributed by atoms with van der Waals surface area (Å²) in [5, 5.41) is 0.193. The number of fused-ring (bicyclic) bond motifs is 1. The Balaban J connectivity index is 1.77. The molecule has 0 saturated carbocycles. The van der Waals surface area contributed by atoms with Gasteiger partial charge in [-0.05, 0) is 12.1 Å². The van der Waals surface area contributed by atoms with Crippen LogP contribution in [0.3, 0.4) is 0 Å². The predicted molar refractivity (Wildman–Crippen MR) is 66.9 cm³/mol. The van der Waals surface area contributed by atoms with E-state index in [4.69, 9.17) is 0 Å². The summed E-state index contributed by atoms with van der Waals surface area (Å²) in [6, 6.07) is 5.75. The number of benzene rings is 1. The van der Waals surface area contributed by atoms with Crippen LogP contribution in [0, 0.1) is 11.8 Å². The Hall–Kier alpha value is -2.42. The first-order chi connectivity index (χ1) is 10.8. The lowest BCUT2D eigenvalue weighted by Crippen LogP contribution is -2.40. The lowest BCUT2D eigenvalue weighted by Gasteiger charge is -2.20. The third-order valence-corrected chi connectivity index (χ3v) is 3.74. The minimum absolute atomic E-state index is 0.0281. The van der Waals surface area contributed by atoms with Crippen LogP contribution in [0.5, 0.6) is 0 Å². The maximum Gasteiger partial charge on any atom is 0.394 e. The molecule has 2 aliphatic rings. The van der Waals surface area contributed by atoms with Crippen molar-refractivity contribution in [1.29, 1.82) is 0 Å². The number of hydrogen-bond acceptors (Lipinski definition) is 5. The molecule has 122 valence electrons. The molecule has 2 atom stereocenters. The lowest BCUT2D eigenvalue weighted by molar-refractivity contribution is -0.200. The lowest BCUT2D eigenvalue weighted by atomic mass is 9.96. The third-order valence-electron chi connectivity index (χ3n) is 3.74. The molecule has 1 fully saturated rings. The molecule has 0 aliphatic carbocycles. The fraction of sp³-hybridized carbons (Fsp3) is 0.357. The van der Waals surface area contributed by atoms with Gasteiger partial charge in [0.15, 0.2) is 0 Å². The number of amides is 2. The van der Waals surface area contributed by atoms with Gasteiger partial charge in [0.05, 0.1) is 36.2 Å². The Morgan fingerprint density at radius 3 is 2.22 bits per heavy atom. The normalized spacial score (nSPS) is 24.0. The Kier molecular flexibility index (Phi) is 3.59. The van der Waals surface area contributed by atoms with Gasteiger partial charge in [-0.25, -0.2) is 4.79 Å². The number of carbonyl (C=O) groups is 3. The quantitative estimate of drug-likeness (QED) is 0.770. The highest BCUT2D eigenvalue weighted by Gasteiger charge is 2.52. The second-order valence-electron chi connectivity index (χ2n) is 5.15. The first-order valence-corrected chi connectivity index (χ1v) is 6.65. The van der Waals surface area contributed by atoms with Crippen molar-refractivity contribution in [3.8, 4) is 0 Å². The van der Waals surface area contributed by atoms with Gasteiger partial charge >= 0.3 is 12.1 Å². The van der Waals surface area contributed by atoms with Crippen molar-refractivity contribution in [3.63, 3.8) is 0 Å². The second kappa shape index (κ2) is 5.34. The Morgan fingerprint density at radius 2 is 1.70 bits per heavy atom. The molecule has 2 heterocycles. The van der Waals surface area contributed by atoms with Crippen molar-refractivity contribution in [1.82, 2.24) is 5.06 Å². The Labute approximate surface area is 127 Å². The molecule has 6 nitrogen and oxygen atoms in total. The van der Waals surface area contributed by atoms with Crippen LogP contribution in [0.1, 0.15) is 20.7 Å². The summed E-state index contributed by atoms with van der Waals surface area (Å²) in [5.74, 6) is -6.73. The molecule has 1 aromatic rings. The largest absolute Gasteiger partial charge is 0.394 e. The smallest absolute Gasteiger partial charge is 0.380 e. The molecule has 23 heavy (non-hydrogen) atoms. The number of hydroxylamine groups is 2. The van der Waals surface area contributed by atoms with Gasteiger partial charge in [0.25, 0.3) is 11.8 Å². The molecule has 9 heteroatoms. The van der Waals surface area contributed by atoms with Gasteiger partial charge in [0.1, 0.15) is 0 Å². The van der Waals surface area contributed by atoms with E-state index in [9.17, 15) is 27.6 Å². The van der Waals surface area contributed by atoms with Gasteiger partial charge in [-0.3, -0.25) is 9.59 Å². The molecule has 0 N–H and O–H groups in total. The van der Waals surface area contributed by atoms with Gasteiger partial charge in [-0.15, -0.1) is 0 Å². The zero-order chi connectivity index (χ0) is 16.8. The van der Waals surface area contributed by atoms with Crippen LogP contribution in [-0.2, 0) is 14.4 Å². The van der Waals surface area contributed by atoms with Crippen LogP contribution in [-0.4, -0.2) is 42.2 Å². The molecular weight excluding hydrogens is 319 g/mol. The van der Waals surface area contributed by atoms with Crippen molar-refractivity contribution < 1.29 is 37.1 Å². The monoisotopic (exact) mass is 329 g/mol. The van der Waals surface area contributed by atoms with Crippen LogP contribution in [0.15, 0.2) is 24.3 Å². The molecule has 1 saturated heterocycles. The highest BCUT2D eigenvalue weighted by Crippen LogP contribution is 2.37. The Bertz CT molecular complexity index is 652. The topological polar surface area (TPSA) is 72.9 Å².